The van der Waals surface area contributed by atoms with Gasteiger partial charge in [0.15, 0.2) is 9.84 Å². The third-order valence-corrected chi connectivity index (χ3v) is 8.36. The molecule has 4 nitrogen and oxygen atoms in total. The summed E-state index contributed by atoms with van der Waals surface area (Å²) in [5.74, 6) is 1.07. The van der Waals surface area contributed by atoms with Crippen molar-refractivity contribution in [2.75, 3.05) is 11.5 Å². The Kier molecular flexibility index (Phi) is 6.28. The second-order valence-electron chi connectivity index (χ2n) is 8.69. The topological polar surface area (TPSA) is 73.0 Å². The Balaban J connectivity index is 0.000000257. The lowest BCUT2D eigenvalue weighted by atomic mass is 9.76. The number of aromatic nitrogens is 1. The number of halogens is 1. The van der Waals surface area contributed by atoms with E-state index in [9.17, 15) is 8.42 Å². The normalized spacial score (nSPS) is 18.3. The van der Waals surface area contributed by atoms with E-state index in [1.54, 1.807) is 12.2 Å². The highest BCUT2D eigenvalue weighted by molar-refractivity contribution is 9.10. The van der Waals surface area contributed by atoms with Gasteiger partial charge in [0.1, 0.15) is 5.82 Å². The number of pyridine rings is 1. The van der Waals surface area contributed by atoms with Crippen molar-refractivity contribution < 1.29 is 8.42 Å². The van der Waals surface area contributed by atoms with Gasteiger partial charge in [-0.25, -0.2) is 13.4 Å². The highest BCUT2D eigenvalue weighted by atomic mass is 79.9. The zero-order chi connectivity index (χ0) is 23.7. The summed E-state index contributed by atoms with van der Waals surface area (Å²) in [6.45, 7) is 0. The number of rotatable bonds is 1. The zero-order valence-corrected chi connectivity index (χ0v) is 21.0. The summed E-state index contributed by atoms with van der Waals surface area (Å²) in [5.41, 5.74) is 10.1. The Morgan fingerprint density at radius 2 is 1.79 bits per heavy atom. The molecule has 1 aliphatic carbocycles. The first-order chi connectivity index (χ1) is 16.4. The minimum atomic E-state index is -2.85. The molecule has 0 spiro atoms. The average molecular weight is 533 g/mol. The fourth-order valence-electron chi connectivity index (χ4n) is 4.90. The molecule has 0 radical (unpaired) electrons. The second kappa shape index (κ2) is 9.35. The van der Waals surface area contributed by atoms with E-state index in [0.29, 0.717) is 11.7 Å². The predicted octanol–water partition coefficient (Wildman–Crippen LogP) is 6.69. The first-order valence-corrected chi connectivity index (χ1v) is 13.8. The van der Waals surface area contributed by atoms with Crippen molar-refractivity contribution >= 4 is 53.1 Å². The van der Waals surface area contributed by atoms with Crippen LogP contribution in [0.3, 0.4) is 0 Å². The van der Waals surface area contributed by atoms with Crippen LogP contribution in [-0.4, -0.2) is 19.2 Å². The molecule has 6 rings (SSSR count). The van der Waals surface area contributed by atoms with Crippen molar-refractivity contribution in [1.82, 2.24) is 4.98 Å². The van der Waals surface area contributed by atoms with Crippen LogP contribution in [0.25, 0.3) is 21.5 Å². The van der Waals surface area contributed by atoms with Crippen LogP contribution in [-0.2, 0) is 16.3 Å². The Hall–Kier alpha value is -2.96. The monoisotopic (exact) mass is 532 g/mol. The summed E-state index contributed by atoms with van der Waals surface area (Å²) in [6.07, 6.45) is 10.3. The van der Waals surface area contributed by atoms with Crippen molar-refractivity contribution in [3.63, 3.8) is 0 Å². The van der Waals surface area contributed by atoms with Crippen molar-refractivity contribution in [2.45, 2.75) is 25.2 Å². The van der Waals surface area contributed by atoms with Crippen molar-refractivity contribution in [1.29, 1.82) is 0 Å². The average Bonchev–Trinajstić information content (AvgIpc) is 2.85. The van der Waals surface area contributed by atoms with Gasteiger partial charge in [-0.3, -0.25) is 0 Å². The third kappa shape index (κ3) is 4.52. The van der Waals surface area contributed by atoms with Gasteiger partial charge in [0, 0.05) is 17.5 Å². The predicted molar refractivity (Wildman–Crippen MR) is 145 cm³/mol. The van der Waals surface area contributed by atoms with Gasteiger partial charge < -0.3 is 5.73 Å². The summed E-state index contributed by atoms with van der Waals surface area (Å²) in [4.78, 5) is 4.39. The van der Waals surface area contributed by atoms with Crippen LogP contribution in [0.4, 0.5) is 5.82 Å². The maximum Gasteiger partial charge on any atom is 0.175 e. The lowest BCUT2D eigenvalue weighted by Crippen LogP contribution is -2.12. The number of hydrogen-bond acceptors (Lipinski definition) is 4. The van der Waals surface area contributed by atoms with Gasteiger partial charge in [0.05, 0.1) is 10.2 Å². The maximum absolute atomic E-state index is 10.5. The Labute approximate surface area is 208 Å². The first-order valence-electron chi connectivity index (χ1n) is 11.3. The molecule has 0 fully saturated rings. The molecule has 4 aromatic rings. The number of hydrogen-bond donors (Lipinski definition) is 1. The highest BCUT2D eigenvalue weighted by Crippen LogP contribution is 2.42. The largest absolute Gasteiger partial charge is 0.383 e. The molecule has 1 aliphatic heterocycles. The molecule has 0 amide bonds. The smallest absolute Gasteiger partial charge is 0.175 e. The van der Waals surface area contributed by atoms with E-state index < -0.39 is 9.84 Å². The van der Waals surface area contributed by atoms with E-state index in [4.69, 9.17) is 5.73 Å². The number of allylic oxidation sites excluding steroid dienone is 2. The van der Waals surface area contributed by atoms with E-state index in [1.807, 2.05) is 6.20 Å². The molecule has 1 aromatic heterocycles. The van der Waals surface area contributed by atoms with Crippen LogP contribution < -0.4 is 5.73 Å². The second-order valence-corrected chi connectivity index (χ2v) is 11.5. The standard InChI is InChI=1S/C23H19BrN2.C5H6O2S/c24-21-12-16(13-26-23(21)25)18-7-3-5-15-9-10-19-17-6-2-1-4-14(17)8-11-20(19)22(15)18;6-8(7)4-2-1-3-5-8/h1-2,4,6,8-13,18H,3,5,7H2,(H2,25,26);1-4H,5H2. The molecule has 3 aromatic carbocycles. The number of nitrogen functional groups attached to an aromatic ring is 1. The van der Waals surface area contributed by atoms with Crippen LogP contribution in [0.1, 0.15) is 35.4 Å². The van der Waals surface area contributed by atoms with Crippen molar-refractivity contribution in [2.24, 2.45) is 0 Å². The van der Waals surface area contributed by atoms with Gasteiger partial charge in [-0.1, -0.05) is 66.8 Å². The quantitative estimate of drug-likeness (QED) is 0.277. The summed E-state index contributed by atoms with van der Waals surface area (Å²) in [7, 11) is -2.85. The molecule has 1 unspecified atom stereocenters. The number of anilines is 1. The van der Waals surface area contributed by atoms with E-state index in [-0.39, 0.29) is 5.75 Å². The molecule has 0 saturated carbocycles. The minimum absolute atomic E-state index is 0.156. The van der Waals surface area contributed by atoms with Crippen LogP contribution in [0.2, 0.25) is 0 Å². The number of benzene rings is 3. The first kappa shape index (κ1) is 22.8. The molecule has 2 N–H and O–H groups in total. The Morgan fingerprint density at radius 1 is 0.971 bits per heavy atom. The van der Waals surface area contributed by atoms with Crippen molar-refractivity contribution in [3.05, 3.63) is 106 Å². The maximum atomic E-state index is 10.5. The summed E-state index contributed by atoms with van der Waals surface area (Å²) >= 11 is 3.55. The van der Waals surface area contributed by atoms with Gasteiger partial charge in [-0.05, 0) is 79.5 Å². The minimum Gasteiger partial charge on any atom is -0.383 e. The molecule has 34 heavy (non-hydrogen) atoms. The number of nitrogens with two attached hydrogens (primary N) is 1. The Bertz CT molecular complexity index is 1560. The molecule has 2 aliphatic rings. The highest BCUT2D eigenvalue weighted by Gasteiger charge is 2.25. The van der Waals surface area contributed by atoms with E-state index in [2.05, 4.69) is 75.5 Å². The number of sulfone groups is 1. The molecule has 0 bridgehead atoms. The molecule has 1 atom stereocenters. The third-order valence-electron chi connectivity index (χ3n) is 6.50. The van der Waals surface area contributed by atoms with Crippen LogP contribution in [0, 0.1) is 0 Å². The Morgan fingerprint density at radius 3 is 2.53 bits per heavy atom. The molecular formula is C28H25BrN2O2S. The van der Waals surface area contributed by atoms with Gasteiger partial charge in [0.2, 0.25) is 0 Å². The van der Waals surface area contributed by atoms with E-state index in [1.165, 1.54) is 56.1 Å². The van der Waals surface area contributed by atoms with Gasteiger partial charge in [-0.15, -0.1) is 0 Å². The molecule has 172 valence electrons. The fraction of sp³-hybridized carbons (Fsp3) is 0.179. The molecular weight excluding hydrogens is 508 g/mol. The number of nitrogens with zero attached hydrogens (tertiary/aromatic N) is 1. The molecule has 6 heteroatoms. The van der Waals surface area contributed by atoms with Crippen molar-refractivity contribution in [3.8, 4) is 0 Å². The van der Waals surface area contributed by atoms with Crippen LogP contribution >= 0.6 is 15.9 Å². The lowest BCUT2D eigenvalue weighted by molar-refractivity contribution is 0.607. The zero-order valence-electron chi connectivity index (χ0n) is 18.6. The van der Waals surface area contributed by atoms with Crippen LogP contribution in [0.15, 0.2) is 88.9 Å². The fourth-order valence-corrected chi connectivity index (χ4v) is 6.09. The molecule has 0 saturated heterocycles. The van der Waals surface area contributed by atoms with E-state index in [0.717, 1.165) is 17.3 Å². The van der Waals surface area contributed by atoms with Gasteiger partial charge >= 0.3 is 0 Å². The number of fused-ring (bicyclic) bond motifs is 5. The van der Waals surface area contributed by atoms with Gasteiger partial charge in [0.25, 0.3) is 0 Å². The lowest BCUT2D eigenvalue weighted by Gasteiger charge is -2.28. The van der Waals surface area contributed by atoms with E-state index >= 15 is 0 Å². The summed E-state index contributed by atoms with van der Waals surface area (Å²) < 4.78 is 21.9. The number of aryl methyl sites for hydroxylation is 1. The van der Waals surface area contributed by atoms with Gasteiger partial charge in [-0.2, -0.15) is 0 Å². The SMILES string of the molecule is Nc1ncc(C2CCCc3ccc4c(ccc5ccccc54)c32)cc1Br.O=S1(=O)C=CC=CC1. The summed E-state index contributed by atoms with van der Waals surface area (Å²) in [5, 5.41) is 6.56. The summed E-state index contributed by atoms with van der Waals surface area (Å²) in [6, 6.07) is 20.0. The van der Waals surface area contributed by atoms with Crippen LogP contribution in [0.5, 0.6) is 0 Å². The molecule has 2 heterocycles.